The molecule has 33 heavy (non-hydrogen) atoms. The molecule has 2 N–H and O–H groups in total. The minimum absolute atomic E-state index is 0.236. The molecular weight excluding hydrogens is 436 g/mol. The highest BCUT2D eigenvalue weighted by Crippen LogP contribution is 2.35. The Bertz CT molecular complexity index is 1300. The molecule has 5 rings (SSSR count). The van der Waals surface area contributed by atoms with Crippen LogP contribution in [0.25, 0.3) is 33.3 Å². The zero-order chi connectivity index (χ0) is 22.9. The Kier molecular flexibility index (Phi) is 6.13. The van der Waals surface area contributed by atoms with Crippen molar-refractivity contribution >= 4 is 39.5 Å². The van der Waals surface area contributed by atoms with E-state index in [4.69, 9.17) is 16.6 Å². The van der Waals surface area contributed by atoms with Crippen LogP contribution < -0.4 is 0 Å². The maximum absolute atomic E-state index is 11.3. The molecule has 1 fully saturated rings. The molecule has 3 heterocycles. The van der Waals surface area contributed by atoms with Crippen molar-refractivity contribution in [3.8, 4) is 11.4 Å². The summed E-state index contributed by atoms with van der Waals surface area (Å²) >= 11 is 6.70. The summed E-state index contributed by atoms with van der Waals surface area (Å²) in [6.07, 6.45) is 8.35. The number of aromatic nitrogens is 3. The second-order valence-corrected chi connectivity index (χ2v) is 9.64. The second-order valence-electron chi connectivity index (χ2n) is 9.24. The molecule has 1 aliphatic rings. The molecule has 0 aliphatic carbocycles. The number of nitrogens with one attached hydrogen (secondary N) is 1. The van der Waals surface area contributed by atoms with Crippen molar-refractivity contribution in [2.75, 3.05) is 20.1 Å². The topological polar surface area (TPSA) is 74.2 Å². The number of carboxylic acids is 1. The predicted molar refractivity (Wildman–Crippen MR) is 133 cm³/mol. The molecule has 1 saturated heterocycles. The Morgan fingerprint density at radius 3 is 2.82 bits per heavy atom. The average Bonchev–Trinajstić information content (AvgIpc) is 3.38. The molecule has 0 atom stereocenters. The summed E-state index contributed by atoms with van der Waals surface area (Å²) in [6.45, 7) is 3.40. The number of nitrogens with zero attached hydrogens (tertiary/aromatic N) is 3. The van der Waals surface area contributed by atoms with Crippen molar-refractivity contribution in [2.24, 2.45) is 5.92 Å². The highest BCUT2D eigenvalue weighted by molar-refractivity contribution is 6.36. The molecule has 0 saturated carbocycles. The van der Waals surface area contributed by atoms with Crippen LogP contribution in [0.5, 0.6) is 0 Å². The second kappa shape index (κ2) is 9.20. The van der Waals surface area contributed by atoms with Gasteiger partial charge in [0.2, 0.25) is 0 Å². The minimum atomic E-state index is -0.953. The molecular formula is C26H29ClN4O2. The van der Waals surface area contributed by atoms with E-state index in [2.05, 4.69) is 27.6 Å². The number of halogens is 1. The number of piperidine rings is 1. The lowest BCUT2D eigenvalue weighted by Crippen LogP contribution is -2.30. The van der Waals surface area contributed by atoms with Crippen LogP contribution in [0.4, 0.5) is 0 Å². The lowest BCUT2D eigenvalue weighted by atomic mass is 9.92. The van der Waals surface area contributed by atoms with Crippen molar-refractivity contribution < 1.29 is 9.90 Å². The van der Waals surface area contributed by atoms with E-state index in [1.165, 1.54) is 38.8 Å². The number of unbranched alkanes of at least 4 members (excludes halogenated alkanes) is 1. The maximum Gasteiger partial charge on any atom is 0.335 e. The van der Waals surface area contributed by atoms with Crippen LogP contribution in [-0.4, -0.2) is 50.6 Å². The first-order valence-corrected chi connectivity index (χ1v) is 12.1. The molecule has 1 aliphatic heterocycles. The molecule has 0 radical (unpaired) electrons. The van der Waals surface area contributed by atoms with E-state index in [-0.39, 0.29) is 5.56 Å². The van der Waals surface area contributed by atoms with E-state index in [0.717, 1.165) is 40.9 Å². The van der Waals surface area contributed by atoms with Gasteiger partial charge in [-0.2, -0.15) is 0 Å². The highest BCUT2D eigenvalue weighted by Gasteiger charge is 2.17. The lowest BCUT2D eigenvalue weighted by molar-refractivity contribution is 0.0697. The van der Waals surface area contributed by atoms with Gasteiger partial charge in [-0.3, -0.25) is 0 Å². The van der Waals surface area contributed by atoms with Crippen molar-refractivity contribution in [1.82, 2.24) is 19.4 Å². The van der Waals surface area contributed by atoms with Crippen LogP contribution in [0.2, 0.25) is 5.02 Å². The number of imidazole rings is 1. The number of rotatable bonds is 7. The fraction of sp³-hybridized carbons (Fsp3) is 0.385. The smallest absolute Gasteiger partial charge is 0.335 e. The molecule has 6 nitrogen and oxygen atoms in total. The predicted octanol–water partition coefficient (Wildman–Crippen LogP) is 6.05. The fourth-order valence-corrected chi connectivity index (χ4v) is 5.34. The molecule has 0 unspecified atom stereocenters. The zero-order valence-corrected chi connectivity index (χ0v) is 19.6. The molecule has 0 bridgehead atoms. The number of aromatic amines is 1. The number of carbonyl (C=O) groups is 1. The largest absolute Gasteiger partial charge is 0.478 e. The van der Waals surface area contributed by atoms with E-state index in [9.17, 15) is 9.90 Å². The van der Waals surface area contributed by atoms with Gasteiger partial charge in [-0.25, -0.2) is 9.78 Å². The number of H-pyrrole nitrogens is 1. The number of aryl methyl sites for hydroxylation is 1. The minimum Gasteiger partial charge on any atom is -0.478 e. The van der Waals surface area contributed by atoms with E-state index in [0.29, 0.717) is 16.4 Å². The van der Waals surface area contributed by atoms with Crippen molar-refractivity contribution in [3.63, 3.8) is 0 Å². The van der Waals surface area contributed by atoms with Crippen LogP contribution in [0.3, 0.4) is 0 Å². The molecule has 2 aromatic heterocycles. The van der Waals surface area contributed by atoms with Crippen LogP contribution in [0.1, 0.15) is 42.5 Å². The Morgan fingerprint density at radius 2 is 2.03 bits per heavy atom. The SMILES string of the molecule is CN1CCC(CCCCn2cc(Cl)c3c(-c4nc5ccc(C(=O)O)cc5[nH]4)cccc32)CC1. The summed E-state index contributed by atoms with van der Waals surface area (Å²) in [5, 5.41) is 11.0. The number of fused-ring (bicyclic) bond motifs is 2. The molecule has 4 aromatic rings. The van der Waals surface area contributed by atoms with Crippen molar-refractivity contribution in [2.45, 2.75) is 38.6 Å². The van der Waals surface area contributed by atoms with E-state index >= 15 is 0 Å². The third kappa shape index (κ3) is 4.50. The summed E-state index contributed by atoms with van der Waals surface area (Å²) < 4.78 is 2.25. The normalized spacial score (nSPS) is 15.6. The zero-order valence-electron chi connectivity index (χ0n) is 18.9. The summed E-state index contributed by atoms with van der Waals surface area (Å²) in [5.74, 6) is 0.610. The standard InChI is InChI=1S/C26H29ClN4O2/c1-30-13-10-17(11-14-30)5-2-3-12-31-16-20(27)24-19(6-4-7-23(24)31)25-28-21-9-8-18(26(32)33)15-22(21)29-25/h4,6-9,15-17H,2-3,5,10-14H2,1H3,(H,28,29)(H,32,33). The Hall–Kier alpha value is -2.83. The number of carboxylic acid groups (broad SMARTS) is 1. The first-order chi connectivity index (χ1) is 16.0. The molecule has 172 valence electrons. The van der Waals surface area contributed by atoms with Crippen molar-refractivity contribution in [1.29, 1.82) is 0 Å². The van der Waals surface area contributed by atoms with Gasteiger partial charge in [0.25, 0.3) is 0 Å². The Morgan fingerprint density at radius 1 is 1.21 bits per heavy atom. The van der Waals surface area contributed by atoms with Gasteiger partial charge in [-0.15, -0.1) is 0 Å². The summed E-state index contributed by atoms with van der Waals surface area (Å²) in [5.41, 5.74) is 3.70. The van der Waals surface area contributed by atoms with E-state index in [1.807, 2.05) is 18.3 Å². The van der Waals surface area contributed by atoms with Gasteiger partial charge in [0.05, 0.1) is 27.1 Å². The van der Waals surface area contributed by atoms with Crippen LogP contribution in [-0.2, 0) is 6.54 Å². The van der Waals surface area contributed by atoms with Crippen molar-refractivity contribution in [3.05, 3.63) is 53.2 Å². The molecule has 7 heteroatoms. The third-order valence-electron chi connectivity index (χ3n) is 6.94. The van der Waals surface area contributed by atoms with Gasteiger partial charge in [0.15, 0.2) is 0 Å². The summed E-state index contributed by atoms with van der Waals surface area (Å²) in [7, 11) is 2.21. The van der Waals surface area contributed by atoms with Gasteiger partial charge in [0.1, 0.15) is 5.82 Å². The molecule has 0 amide bonds. The van der Waals surface area contributed by atoms with Crippen LogP contribution >= 0.6 is 11.6 Å². The number of likely N-dealkylation sites (tertiary alicyclic amines) is 1. The fourth-order valence-electron chi connectivity index (χ4n) is 5.02. The van der Waals surface area contributed by atoms with Crippen LogP contribution in [0, 0.1) is 5.92 Å². The quantitative estimate of drug-likeness (QED) is 0.326. The van der Waals surface area contributed by atoms with Crippen LogP contribution in [0.15, 0.2) is 42.6 Å². The van der Waals surface area contributed by atoms with Gasteiger partial charge in [-0.05, 0) is 69.6 Å². The summed E-state index contributed by atoms with van der Waals surface area (Å²) in [6, 6.07) is 11.1. The first kappa shape index (κ1) is 22.0. The average molecular weight is 465 g/mol. The van der Waals surface area contributed by atoms with E-state index in [1.54, 1.807) is 18.2 Å². The Labute approximate surface area is 198 Å². The number of aromatic carboxylic acids is 1. The highest BCUT2D eigenvalue weighted by atomic mass is 35.5. The van der Waals surface area contributed by atoms with Gasteiger partial charge < -0.3 is 19.6 Å². The molecule has 0 spiro atoms. The third-order valence-corrected chi connectivity index (χ3v) is 7.23. The lowest BCUT2D eigenvalue weighted by Gasteiger charge is -2.28. The maximum atomic E-state index is 11.3. The van der Waals surface area contributed by atoms with Gasteiger partial charge in [-0.1, -0.05) is 36.6 Å². The number of benzene rings is 2. The number of hydrogen-bond acceptors (Lipinski definition) is 3. The van der Waals surface area contributed by atoms with Gasteiger partial charge >= 0.3 is 5.97 Å². The summed E-state index contributed by atoms with van der Waals surface area (Å²) in [4.78, 5) is 21.7. The van der Waals surface area contributed by atoms with Gasteiger partial charge in [0, 0.05) is 23.7 Å². The van der Waals surface area contributed by atoms with E-state index < -0.39 is 5.97 Å². The Balaban J connectivity index is 1.35. The monoisotopic (exact) mass is 464 g/mol. The molecule has 2 aromatic carbocycles. The first-order valence-electron chi connectivity index (χ1n) is 11.7. The number of hydrogen-bond donors (Lipinski definition) is 2.